The standard InChI is InChI=1S/C23H27FN4O2/c1-16(23(29)25-19-10-12-21(30-3)13-11-19)28(2)14-4-5-20-15-22(27-26-20)17-6-8-18(24)9-7-17/h6-13,15-16H,4-5,14H2,1-3H3,(H,25,29)(H,26,27). The van der Waals surface area contributed by atoms with Gasteiger partial charge in [-0.05, 0) is 88.0 Å². The van der Waals surface area contributed by atoms with Crippen molar-refractivity contribution in [1.29, 1.82) is 0 Å². The summed E-state index contributed by atoms with van der Waals surface area (Å²) in [6, 6.07) is 15.3. The number of carbonyl (C=O) groups is 1. The van der Waals surface area contributed by atoms with E-state index in [0.717, 1.165) is 47.8 Å². The minimum atomic E-state index is -0.261. The Balaban J connectivity index is 1.46. The number of nitrogens with zero attached hydrogens (tertiary/aromatic N) is 2. The van der Waals surface area contributed by atoms with E-state index < -0.39 is 0 Å². The van der Waals surface area contributed by atoms with Gasteiger partial charge in [0.1, 0.15) is 11.6 Å². The summed E-state index contributed by atoms with van der Waals surface area (Å²) in [4.78, 5) is 14.5. The number of hydrogen-bond donors (Lipinski definition) is 2. The molecule has 3 rings (SSSR count). The highest BCUT2D eigenvalue weighted by Gasteiger charge is 2.18. The Kier molecular flexibility index (Phi) is 7.19. The molecule has 0 aliphatic rings. The van der Waals surface area contributed by atoms with Crippen LogP contribution >= 0.6 is 0 Å². The number of halogens is 1. The third kappa shape index (κ3) is 5.67. The Labute approximate surface area is 176 Å². The molecule has 1 unspecified atom stereocenters. The first-order chi connectivity index (χ1) is 14.5. The predicted octanol–water partition coefficient (Wildman–Crippen LogP) is 4.12. The Morgan fingerprint density at radius 2 is 1.90 bits per heavy atom. The van der Waals surface area contributed by atoms with Crippen LogP contribution in [0.1, 0.15) is 19.0 Å². The average molecular weight is 410 g/mol. The molecule has 0 spiro atoms. The highest BCUT2D eigenvalue weighted by molar-refractivity contribution is 5.94. The van der Waals surface area contributed by atoms with E-state index in [-0.39, 0.29) is 17.8 Å². The van der Waals surface area contributed by atoms with Crippen LogP contribution in [-0.2, 0) is 11.2 Å². The zero-order valence-corrected chi connectivity index (χ0v) is 17.5. The van der Waals surface area contributed by atoms with Gasteiger partial charge in [0.25, 0.3) is 0 Å². The van der Waals surface area contributed by atoms with Gasteiger partial charge in [-0.3, -0.25) is 14.8 Å². The van der Waals surface area contributed by atoms with E-state index in [0.29, 0.717) is 0 Å². The van der Waals surface area contributed by atoms with Crippen molar-refractivity contribution in [2.45, 2.75) is 25.8 Å². The van der Waals surface area contributed by atoms with Crippen molar-refractivity contribution in [3.05, 3.63) is 66.1 Å². The number of hydrogen-bond acceptors (Lipinski definition) is 4. The summed E-state index contributed by atoms with van der Waals surface area (Å²) in [6.45, 7) is 2.66. The maximum absolute atomic E-state index is 13.1. The molecule has 1 atom stereocenters. The second kappa shape index (κ2) is 10.0. The van der Waals surface area contributed by atoms with Gasteiger partial charge in [0.15, 0.2) is 0 Å². The van der Waals surface area contributed by atoms with E-state index >= 15 is 0 Å². The first-order valence-corrected chi connectivity index (χ1v) is 9.91. The fraction of sp³-hybridized carbons (Fsp3) is 0.304. The summed E-state index contributed by atoms with van der Waals surface area (Å²) in [5.41, 5.74) is 3.43. The van der Waals surface area contributed by atoms with Gasteiger partial charge >= 0.3 is 0 Å². The van der Waals surface area contributed by atoms with Crippen LogP contribution in [0.25, 0.3) is 11.3 Å². The lowest BCUT2D eigenvalue weighted by molar-refractivity contribution is -0.120. The van der Waals surface area contributed by atoms with Gasteiger partial charge in [0, 0.05) is 16.9 Å². The van der Waals surface area contributed by atoms with Crippen molar-refractivity contribution in [3.8, 4) is 17.0 Å². The quantitative estimate of drug-likeness (QED) is 0.557. The van der Waals surface area contributed by atoms with Gasteiger partial charge in [-0.25, -0.2) is 4.39 Å². The largest absolute Gasteiger partial charge is 0.497 e. The fourth-order valence-electron chi connectivity index (χ4n) is 3.09. The number of rotatable bonds is 9. The number of H-pyrrole nitrogens is 1. The second-order valence-corrected chi connectivity index (χ2v) is 7.26. The zero-order valence-electron chi connectivity index (χ0n) is 17.5. The summed E-state index contributed by atoms with van der Waals surface area (Å²) >= 11 is 0. The highest BCUT2D eigenvalue weighted by atomic mass is 19.1. The predicted molar refractivity (Wildman–Crippen MR) is 116 cm³/mol. The zero-order chi connectivity index (χ0) is 21.5. The van der Waals surface area contributed by atoms with E-state index in [1.54, 1.807) is 19.2 Å². The Hall–Kier alpha value is -3.19. The maximum atomic E-state index is 13.1. The number of aryl methyl sites for hydroxylation is 1. The Bertz CT molecular complexity index is 954. The van der Waals surface area contributed by atoms with E-state index in [1.165, 1.54) is 12.1 Å². The van der Waals surface area contributed by atoms with E-state index in [4.69, 9.17) is 4.74 Å². The fourth-order valence-corrected chi connectivity index (χ4v) is 3.09. The molecule has 0 radical (unpaired) electrons. The number of likely N-dealkylation sites (N-methyl/N-ethyl adjacent to an activating group) is 1. The van der Waals surface area contributed by atoms with Crippen LogP contribution in [0.15, 0.2) is 54.6 Å². The number of aromatic nitrogens is 2. The van der Waals surface area contributed by atoms with Gasteiger partial charge in [0.2, 0.25) is 5.91 Å². The van der Waals surface area contributed by atoms with Crippen molar-refractivity contribution in [2.75, 3.05) is 26.0 Å². The molecule has 0 saturated heterocycles. The van der Waals surface area contributed by atoms with E-state index in [1.807, 2.05) is 49.2 Å². The molecular weight excluding hydrogens is 383 g/mol. The molecule has 0 bridgehead atoms. The van der Waals surface area contributed by atoms with Crippen molar-refractivity contribution >= 4 is 11.6 Å². The molecule has 6 nitrogen and oxygen atoms in total. The van der Waals surface area contributed by atoms with Crippen LogP contribution in [0.4, 0.5) is 10.1 Å². The normalized spacial score (nSPS) is 12.0. The van der Waals surface area contributed by atoms with Crippen LogP contribution in [-0.4, -0.2) is 47.7 Å². The smallest absolute Gasteiger partial charge is 0.241 e. The molecule has 2 N–H and O–H groups in total. The van der Waals surface area contributed by atoms with Gasteiger partial charge in [-0.2, -0.15) is 5.10 Å². The first-order valence-electron chi connectivity index (χ1n) is 9.91. The number of ether oxygens (including phenoxy) is 1. The molecule has 30 heavy (non-hydrogen) atoms. The van der Waals surface area contributed by atoms with Crippen molar-refractivity contribution in [3.63, 3.8) is 0 Å². The summed E-state index contributed by atoms with van der Waals surface area (Å²) in [6.07, 6.45) is 1.69. The van der Waals surface area contributed by atoms with Crippen LogP contribution in [0.3, 0.4) is 0 Å². The molecule has 158 valence electrons. The van der Waals surface area contributed by atoms with Gasteiger partial charge < -0.3 is 10.1 Å². The van der Waals surface area contributed by atoms with Crippen LogP contribution in [0.5, 0.6) is 5.75 Å². The molecule has 2 aromatic carbocycles. The van der Waals surface area contributed by atoms with Crippen molar-refractivity contribution < 1.29 is 13.9 Å². The van der Waals surface area contributed by atoms with Crippen LogP contribution in [0.2, 0.25) is 0 Å². The lowest BCUT2D eigenvalue weighted by atomic mass is 10.1. The number of aromatic amines is 1. The van der Waals surface area contributed by atoms with Gasteiger partial charge in [0.05, 0.1) is 18.8 Å². The minimum Gasteiger partial charge on any atom is -0.497 e. The van der Waals surface area contributed by atoms with Crippen molar-refractivity contribution in [1.82, 2.24) is 15.1 Å². The third-order valence-electron chi connectivity index (χ3n) is 5.13. The number of benzene rings is 2. The topological polar surface area (TPSA) is 70.2 Å². The number of methoxy groups -OCH3 is 1. The number of anilines is 1. The molecule has 7 heteroatoms. The van der Waals surface area contributed by atoms with Crippen LogP contribution in [0, 0.1) is 5.82 Å². The summed E-state index contributed by atoms with van der Waals surface area (Å²) in [5, 5.41) is 10.3. The highest BCUT2D eigenvalue weighted by Crippen LogP contribution is 2.19. The summed E-state index contributed by atoms with van der Waals surface area (Å²) in [7, 11) is 3.55. The Morgan fingerprint density at radius 3 is 2.57 bits per heavy atom. The number of nitrogens with one attached hydrogen (secondary N) is 2. The van der Waals surface area contributed by atoms with E-state index in [2.05, 4.69) is 15.5 Å². The van der Waals surface area contributed by atoms with Gasteiger partial charge in [-0.15, -0.1) is 0 Å². The lowest BCUT2D eigenvalue weighted by Gasteiger charge is -2.23. The van der Waals surface area contributed by atoms with E-state index in [9.17, 15) is 9.18 Å². The Morgan fingerprint density at radius 1 is 1.20 bits per heavy atom. The third-order valence-corrected chi connectivity index (χ3v) is 5.13. The van der Waals surface area contributed by atoms with Gasteiger partial charge in [-0.1, -0.05) is 0 Å². The molecule has 0 fully saturated rings. The molecule has 0 aliphatic heterocycles. The average Bonchev–Trinajstić information content (AvgIpc) is 3.23. The summed E-state index contributed by atoms with van der Waals surface area (Å²) in [5.74, 6) is 0.435. The molecule has 0 aliphatic carbocycles. The molecule has 1 heterocycles. The monoisotopic (exact) mass is 410 g/mol. The SMILES string of the molecule is COc1ccc(NC(=O)C(C)N(C)CCCc2cc(-c3ccc(F)cc3)n[nH]2)cc1. The molecule has 0 saturated carbocycles. The minimum absolute atomic E-state index is 0.0530. The number of carbonyl (C=O) groups excluding carboxylic acids is 1. The summed E-state index contributed by atoms with van der Waals surface area (Å²) < 4.78 is 18.2. The molecular formula is C23H27FN4O2. The number of amides is 1. The maximum Gasteiger partial charge on any atom is 0.241 e. The second-order valence-electron chi connectivity index (χ2n) is 7.26. The molecule has 3 aromatic rings. The lowest BCUT2D eigenvalue weighted by Crippen LogP contribution is -2.40. The first kappa shape index (κ1) is 21.5. The molecule has 1 amide bonds. The molecule has 1 aromatic heterocycles. The van der Waals surface area contributed by atoms with Crippen molar-refractivity contribution in [2.24, 2.45) is 0 Å². The van der Waals surface area contributed by atoms with Crippen LogP contribution < -0.4 is 10.1 Å².